The van der Waals surface area contributed by atoms with Crippen molar-refractivity contribution in [1.82, 2.24) is 0 Å². The fraction of sp³-hybridized carbons (Fsp3) is 0.562. The van der Waals surface area contributed by atoms with Gasteiger partial charge in [0, 0.05) is 25.4 Å². The number of benzene rings is 1. The van der Waals surface area contributed by atoms with E-state index in [9.17, 15) is 4.79 Å². The molecule has 0 atom stereocenters. The van der Waals surface area contributed by atoms with Crippen LogP contribution in [0.25, 0.3) is 0 Å². The highest BCUT2D eigenvalue weighted by Crippen LogP contribution is 2.29. The molecule has 1 fully saturated rings. The van der Waals surface area contributed by atoms with E-state index in [-0.39, 0.29) is 12.5 Å². The maximum Gasteiger partial charge on any atom is 0.250 e. The van der Waals surface area contributed by atoms with Gasteiger partial charge in [-0.15, -0.1) is 0 Å². The molecule has 1 aromatic carbocycles. The summed E-state index contributed by atoms with van der Waals surface area (Å²) in [6.07, 6.45) is 2.02. The Morgan fingerprint density at radius 1 is 1.41 bits per heavy atom. The van der Waals surface area contributed by atoms with Crippen LogP contribution in [-0.4, -0.2) is 45.4 Å². The van der Waals surface area contributed by atoms with E-state index in [0.29, 0.717) is 30.5 Å². The third-order valence-corrected chi connectivity index (χ3v) is 3.76. The van der Waals surface area contributed by atoms with Crippen molar-refractivity contribution in [2.45, 2.75) is 19.8 Å². The standard InChI is InChI=1S/C16H23ClN2O3/c1-2-3-8-22-12-16(20)18-13-4-5-15(14(17)11-13)19-6-9-21-10-7-19/h4-5,11H,2-3,6-10,12H2,1H3,(H,18,20). The molecule has 1 N–H and O–H groups in total. The highest BCUT2D eigenvalue weighted by atomic mass is 35.5. The lowest BCUT2D eigenvalue weighted by Gasteiger charge is -2.29. The van der Waals surface area contributed by atoms with E-state index in [1.165, 1.54) is 0 Å². The first-order valence-corrected chi connectivity index (χ1v) is 8.08. The fourth-order valence-electron chi connectivity index (χ4n) is 2.25. The number of nitrogens with zero attached hydrogens (tertiary/aromatic N) is 1. The number of anilines is 2. The molecule has 0 aromatic heterocycles. The van der Waals surface area contributed by atoms with Crippen LogP contribution in [0.1, 0.15) is 19.8 Å². The minimum atomic E-state index is -0.161. The number of ether oxygens (including phenoxy) is 2. The highest BCUT2D eigenvalue weighted by molar-refractivity contribution is 6.33. The van der Waals surface area contributed by atoms with Gasteiger partial charge in [-0.2, -0.15) is 0 Å². The SMILES string of the molecule is CCCCOCC(=O)Nc1ccc(N2CCOCC2)c(Cl)c1. The quantitative estimate of drug-likeness (QED) is 0.783. The number of rotatable bonds is 7. The lowest BCUT2D eigenvalue weighted by molar-refractivity contribution is -0.120. The summed E-state index contributed by atoms with van der Waals surface area (Å²) in [5.74, 6) is -0.161. The number of nitrogens with one attached hydrogen (secondary N) is 1. The molecule has 1 heterocycles. The second-order valence-electron chi connectivity index (χ2n) is 5.22. The first kappa shape index (κ1) is 17.1. The largest absolute Gasteiger partial charge is 0.378 e. The van der Waals surface area contributed by atoms with Gasteiger partial charge in [0.1, 0.15) is 6.61 Å². The van der Waals surface area contributed by atoms with Gasteiger partial charge in [0.2, 0.25) is 5.91 Å². The molecular formula is C16H23ClN2O3. The zero-order valence-electron chi connectivity index (χ0n) is 12.9. The molecule has 22 heavy (non-hydrogen) atoms. The lowest BCUT2D eigenvalue weighted by atomic mass is 10.2. The Morgan fingerprint density at radius 3 is 2.86 bits per heavy atom. The van der Waals surface area contributed by atoms with Gasteiger partial charge >= 0.3 is 0 Å². The molecule has 6 heteroatoms. The van der Waals surface area contributed by atoms with Crippen molar-refractivity contribution < 1.29 is 14.3 Å². The van der Waals surface area contributed by atoms with Crippen LogP contribution in [0.5, 0.6) is 0 Å². The molecule has 0 saturated carbocycles. The topological polar surface area (TPSA) is 50.8 Å². The average Bonchev–Trinajstić information content (AvgIpc) is 2.52. The summed E-state index contributed by atoms with van der Waals surface area (Å²) < 4.78 is 10.6. The number of carbonyl (C=O) groups is 1. The average molecular weight is 327 g/mol. The van der Waals surface area contributed by atoms with Crippen LogP contribution in [0.2, 0.25) is 5.02 Å². The van der Waals surface area contributed by atoms with E-state index in [1.54, 1.807) is 6.07 Å². The van der Waals surface area contributed by atoms with Crippen LogP contribution in [0.3, 0.4) is 0 Å². The Bertz CT molecular complexity index is 490. The molecule has 0 aliphatic carbocycles. The monoisotopic (exact) mass is 326 g/mol. The molecule has 1 aliphatic heterocycles. The van der Waals surface area contributed by atoms with Crippen LogP contribution in [0, 0.1) is 0 Å². The molecule has 2 rings (SSSR count). The van der Waals surface area contributed by atoms with E-state index in [0.717, 1.165) is 31.6 Å². The van der Waals surface area contributed by atoms with Crippen LogP contribution < -0.4 is 10.2 Å². The van der Waals surface area contributed by atoms with Crippen LogP contribution in [0.15, 0.2) is 18.2 Å². The predicted octanol–water partition coefficient (Wildman–Crippen LogP) is 2.93. The summed E-state index contributed by atoms with van der Waals surface area (Å²) in [6, 6.07) is 5.57. The summed E-state index contributed by atoms with van der Waals surface area (Å²) in [6.45, 7) is 5.85. The molecule has 0 spiro atoms. The minimum Gasteiger partial charge on any atom is -0.378 e. The van der Waals surface area contributed by atoms with Gasteiger partial charge in [-0.3, -0.25) is 4.79 Å². The summed E-state index contributed by atoms with van der Waals surface area (Å²) in [4.78, 5) is 14.0. The lowest BCUT2D eigenvalue weighted by Crippen LogP contribution is -2.36. The number of morpholine rings is 1. The van der Waals surface area contributed by atoms with E-state index >= 15 is 0 Å². The summed E-state index contributed by atoms with van der Waals surface area (Å²) in [5.41, 5.74) is 1.66. The molecule has 5 nitrogen and oxygen atoms in total. The molecule has 1 aromatic rings. The zero-order valence-corrected chi connectivity index (χ0v) is 13.7. The van der Waals surface area contributed by atoms with Crippen LogP contribution >= 0.6 is 11.6 Å². The third kappa shape index (κ3) is 5.16. The van der Waals surface area contributed by atoms with Crippen molar-refractivity contribution in [3.63, 3.8) is 0 Å². The van der Waals surface area contributed by atoms with Crippen molar-refractivity contribution in [3.05, 3.63) is 23.2 Å². The summed E-state index contributed by atoms with van der Waals surface area (Å²) >= 11 is 6.33. The van der Waals surface area contributed by atoms with E-state index in [4.69, 9.17) is 21.1 Å². The second kappa shape index (κ2) is 8.98. The van der Waals surface area contributed by atoms with Gasteiger partial charge < -0.3 is 19.7 Å². The van der Waals surface area contributed by atoms with Gasteiger partial charge in [-0.1, -0.05) is 24.9 Å². The molecule has 0 radical (unpaired) electrons. The summed E-state index contributed by atoms with van der Waals surface area (Å²) in [7, 11) is 0. The van der Waals surface area contributed by atoms with Gasteiger partial charge in [-0.05, 0) is 24.6 Å². The van der Waals surface area contributed by atoms with E-state index in [1.807, 2.05) is 12.1 Å². The van der Waals surface area contributed by atoms with Gasteiger partial charge in [0.25, 0.3) is 0 Å². The van der Waals surface area contributed by atoms with Crippen molar-refractivity contribution in [2.24, 2.45) is 0 Å². The van der Waals surface area contributed by atoms with Gasteiger partial charge in [0.15, 0.2) is 0 Å². The third-order valence-electron chi connectivity index (χ3n) is 3.46. The molecule has 0 unspecified atom stereocenters. The van der Waals surface area contributed by atoms with Crippen molar-refractivity contribution in [3.8, 4) is 0 Å². The van der Waals surface area contributed by atoms with Crippen LogP contribution in [-0.2, 0) is 14.3 Å². The molecule has 1 amide bonds. The van der Waals surface area contributed by atoms with Gasteiger partial charge in [0.05, 0.1) is 23.9 Å². The Kier molecular flexibility index (Phi) is 6.96. The maximum atomic E-state index is 11.8. The minimum absolute atomic E-state index is 0.0723. The number of amides is 1. The Morgan fingerprint density at radius 2 is 2.18 bits per heavy atom. The normalized spacial score (nSPS) is 14.9. The van der Waals surface area contributed by atoms with Gasteiger partial charge in [-0.25, -0.2) is 0 Å². The number of carbonyl (C=O) groups excluding carboxylic acids is 1. The van der Waals surface area contributed by atoms with Crippen molar-refractivity contribution >= 4 is 28.9 Å². The van der Waals surface area contributed by atoms with Crippen molar-refractivity contribution in [1.29, 1.82) is 0 Å². The second-order valence-corrected chi connectivity index (χ2v) is 5.63. The molecule has 1 saturated heterocycles. The van der Waals surface area contributed by atoms with E-state index < -0.39 is 0 Å². The smallest absolute Gasteiger partial charge is 0.250 e. The fourth-order valence-corrected chi connectivity index (χ4v) is 2.55. The van der Waals surface area contributed by atoms with Crippen LogP contribution in [0.4, 0.5) is 11.4 Å². The Balaban J connectivity index is 1.87. The highest BCUT2D eigenvalue weighted by Gasteiger charge is 2.14. The Labute approximate surface area is 136 Å². The zero-order chi connectivity index (χ0) is 15.8. The number of halogens is 1. The number of hydrogen-bond donors (Lipinski definition) is 1. The molecular weight excluding hydrogens is 304 g/mol. The maximum absolute atomic E-state index is 11.8. The first-order valence-electron chi connectivity index (χ1n) is 7.70. The van der Waals surface area contributed by atoms with E-state index in [2.05, 4.69) is 17.1 Å². The Hall–Kier alpha value is -1.30. The first-order chi connectivity index (χ1) is 10.7. The molecule has 1 aliphatic rings. The predicted molar refractivity (Wildman–Crippen MR) is 88.8 cm³/mol. The molecule has 122 valence electrons. The summed E-state index contributed by atoms with van der Waals surface area (Å²) in [5, 5.41) is 3.43. The number of unbranched alkanes of at least 4 members (excludes halogenated alkanes) is 1. The van der Waals surface area contributed by atoms with Crippen molar-refractivity contribution in [2.75, 3.05) is 49.7 Å². The number of hydrogen-bond acceptors (Lipinski definition) is 4. The molecule has 0 bridgehead atoms.